The predicted octanol–water partition coefficient (Wildman–Crippen LogP) is -4.57. The summed E-state index contributed by atoms with van der Waals surface area (Å²) in [5, 5.41) is 53.4. The highest BCUT2D eigenvalue weighted by molar-refractivity contribution is 5.77. The van der Waals surface area contributed by atoms with Gasteiger partial charge < -0.3 is 60.3 Å². The average Bonchev–Trinajstić information content (AvgIpc) is 2.75. The molecule has 13 nitrogen and oxygen atoms in total. The fourth-order valence-corrected chi connectivity index (χ4v) is 3.44. The molecule has 0 aromatic carbocycles. The lowest BCUT2D eigenvalue weighted by Crippen LogP contribution is -2.62. The first-order valence-electron chi connectivity index (χ1n) is 10.1. The number of aliphatic hydroxyl groups is 5. The molecular weight excluding hydrogens is 420 g/mol. The summed E-state index contributed by atoms with van der Waals surface area (Å²) >= 11 is 0. The molecule has 31 heavy (non-hydrogen) atoms. The zero-order valence-corrected chi connectivity index (χ0v) is 17.6. The molecular formula is C18H34N2O11. The fourth-order valence-electron chi connectivity index (χ4n) is 3.44. The lowest BCUT2D eigenvalue weighted by molar-refractivity contribution is -0.318. The van der Waals surface area contributed by atoms with Gasteiger partial charge in [-0.3, -0.25) is 4.79 Å². The maximum absolute atomic E-state index is 11.8. The van der Waals surface area contributed by atoms with E-state index in [0.29, 0.717) is 0 Å². The summed E-state index contributed by atoms with van der Waals surface area (Å²) in [4.78, 5) is 11.8. The molecule has 8 N–H and O–H groups in total. The van der Waals surface area contributed by atoms with Crippen LogP contribution in [-0.2, 0) is 28.5 Å². The summed E-state index contributed by atoms with van der Waals surface area (Å²) in [5.74, 6) is -0.475. The van der Waals surface area contributed by atoms with Gasteiger partial charge in [0, 0.05) is 20.2 Å². The molecule has 0 spiro atoms. The third-order valence-electron chi connectivity index (χ3n) is 5.22. The molecule has 0 saturated carbocycles. The lowest BCUT2D eigenvalue weighted by Gasteiger charge is -2.43. The molecule has 2 rings (SSSR count). The first kappa shape index (κ1) is 26.3. The SMILES string of the molecule is COCC1O[C@H](OCC2O[C@H](C)C(O)C(O)C2O)C(O)C(OCC(=O)NCCN)C1O. The molecule has 2 fully saturated rings. The Morgan fingerprint density at radius 2 is 1.61 bits per heavy atom. The number of methoxy groups -OCH3 is 1. The van der Waals surface area contributed by atoms with Crippen LogP contribution < -0.4 is 11.1 Å². The number of nitrogens with one attached hydrogen (secondary N) is 1. The molecule has 0 radical (unpaired) electrons. The standard InChI is InChI=1S/C18H34N2O11/c1-8-12(22)15(25)13(23)10(30-8)6-29-18-16(26)17(14(24)9(31-18)5-27-2)28-7-11(21)20-4-3-19/h8-10,12-18,22-26H,3-7,19H2,1-2H3,(H,20,21)/t8-,9?,10?,12?,13?,14?,15?,16?,17?,18+/m1/s1. The van der Waals surface area contributed by atoms with Gasteiger partial charge in [0.05, 0.1) is 19.3 Å². The average molecular weight is 454 g/mol. The van der Waals surface area contributed by atoms with E-state index < -0.39 is 73.7 Å². The van der Waals surface area contributed by atoms with E-state index in [1.165, 1.54) is 14.0 Å². The van der Waals surface area contributed by atoms with Crippen LogP contribution in [0.2, 0.25) is 0 Å². The number of ether oxygens (including phenoxy) is 5. The van der Waals surface area contributed by atoms with Gasteiger partial charge in [0.25, 0.3) is 0 Å². The first-order chi connectivity index (χ1) is 14.7. The lowest BCUT2D eigenvalue weighted by atomic mass is 9.96. The largest absolute Gasteiger partial charge is 0.388 e. The second-order valence-electron chi connectivity index (χ2n) is 7.58. The Morgan fingerprint density at radius 3 is 2.26 bits per heavy atom. The predicted molar refractivity (Wildman–Crippen MR) is 103 cm³/mol. The minimum Gasteiger partial charge on any atom is -0.388 e. The molecule has 1 amide bonds. The van der Waals surface area contributed by atoms with Gasteiger partial charge in [0.15, 0.2) is 6.29 Å². The van der Waals surface area contributed by atoms with Gasteiger partial charge in [-0.2, -0.15) is 0 Å². The van der Waals surface area contributed by atoms with Crippen LogP contribution in [0.1, 0.15) is 6.92 Å². The fraction of sp³-hybridized carbons (Fsp3) is 0.944. The van der Waals surface area contributed by atoms with Crippen molar-refractivity contribution in [2.45, 2.75) is 68.1 Å². The third kappa shape index (κ3) is 6.76. The Kier molecular flexibility index (Phi) is 10.4. The molecule has 13 heteroatoms. The molecule has 0 aliphatic carbocycles. The summed E-state index contributed by atoms with van der Waals surface area (Å²) in [7, 11) is 1.40. The second kappa shape index (κ2) is 12.3. The van der Waals surface area contributed by atoms with Gasteiger partial charge in [0.2, 0.25) is 5.91 Å². The van der Waals surface area contributed by atoms with Gasteiger partial charge in [-0.25, -0.2) is 0 Å². The quantitative estimate of drug-likeness (QED) is 0.167. The molecule has 2 saturated heterocycles. The highest BCUT2D eigenvalue weighted by atomic mass is 16.7. The van der Waals surface area contributed by atoms with E-state index in [9.17, 15) is 30.3 Å². The summed E-state index contributed by atoms with van der Waals surface area (Å²) < 4.78 is 27.0. The van der Waals surface area contributed by atoms with E-state index in [4.69, 9.17) is 29.4 Å². The van der Waals surface area contributed by atoms with Crippen molar-refractivity contribution in [3.05, 3.63) is 0 Å². The van der Waals surface area contributed by atoms with E-state index in [0.717, 1.165) is 0 Å². The summed E-state index contributed by atoms with van der Waals surface area (Å²) in [6.45, 7) is 1.26. The molecule has 10 atom stereocenters. The maximum atomic E-state index is 11.8. The Morgan fingerprint density at radius 1 is 0.935 bits per heavy atom. The topological polar surface area (TPSA) is 202 Å². The minimum absolute atomic E-state index is 0.0442. The number of amides is 1. The zero-order valence-electron chi connectivity index (χ0n) is 17.6. The molecule has 0 bridgehead atoms. The van der Waals surface area contributed by atoms with Crippen LogP contribution in [0.25, 0.3) is 0 Å². The number of rotatable bonds is 10. The van der Waals surface area contributed by atoms with Crippen molar-refractivity contribution in [3.63, 3.8) is 0 Å². The van der Waals surface area contributed by atoms with Crippen molar-refractivity contribution in [2.24, 2.45) is 5.73 Å². The van der Waals surface area contributed by atoms with Gasteiger partial charge >= 0.3 is 0 Å². The summed E-state index contributed by atoms with van der Waals surface area (Å²) in [6.07, 6.45) is -12.1. The number of carbonyl (C=O) groups excluding carboxylic acids is 1. The van der Waals surface area contributed by atoms with Gasteiger partial charge in [-0.1, -0.05) is 0 Å². The van der Waals surface area contributed by atoms with Crippen molar-refractivity contribution in [3.8, 4) is 0 Å². The van der Waals surface area contributed by atoms with Crippen LogP contribution in [0.4, 0.5) is 0 Å². The number of nitrogens with two attached hydrogens (primary N) is 1. The van der Waals surface area contributed by atoms with Crippen molar-refractivity contribution >= 4 is 5.91 Å². The van der Waals surface area contributed by atoms with E-state index in [2.05, 4.69) is 5.32 Å². The molecule has 2 aliphatic heterocycles. The van der Waals surface area contributed by atoms with Crippen LogP contribution in [0.5, 0.6) is 0 Å². The molecule has 182 valence electrons. The van der Waals surface area contributed by atoms with E-state index in [1.807, 2.05) is 0 Å². The summed E-state index contributed by atoms with van der Waals surface area (Å²) in [5.41, 5.74) is 5.32. The Bertz CT molecular complexity index is 557. The second-order valence-corrected chi connectivity index (χ2v) is 7.58. The molecule has 8 unspecified atom stereocenters. The Labute approximate surface area is 180 Å². The van der Waals surface area contributed by atoms with E-state index in [1.54, 1.807) is 0 Å². The minimum atomic E-state index is -1.49. The van der Waals surface area contributed by atoms with Crippen molar-refractivity contribution < 1.29 is 54.0 Å². The van der Waals surface area contributed by atoms with Crippen LogP contribution in [0.3, 0.4) is 0 Å². The van der Waals surface area contributed by atoms with Gasteiger partial charge in [-0.15, -0.1) is 0 Å². The number of hydrogen-bond acceptors (Lipinski definition) is 12. The monoisotopic (exact) mass is 454 g/mol. The van der Waals surface area contributed by atoms with Crippen LogP contribution in [-0.4, -0.2) is 133 Å². The van der Waals surface area contributed by atoms with Crippen LogP contribution in [0, 0.1) is 0 Å². The molecule has 2 aliphatic rings. The molecule has 0 aromatic heterocycles. The van der Waals surface area contributed by atoms with Gasteiger partial charge in [-0.05, 0) is 6.92 Å². The number of hydrogen-bond donors (Lipinski definition) is 7. The highest BCUT2D eigenvalue weighted by Gasteiger charge is 2.47. The highest BCUT2D eigenvalue weighted by Crippen LogP contribution is 2.27. The summed E-state index contributed by atoms with van der Waals surface area (Å²) in [6, 6.07) is 0. The van der Waals surface area contributed by atoms with Crippen molar-refractivity contribution in [1.82, 2.24) is 5.32 Å². The van der Waals surface area contributed by atoms with Gasteiger partial charge in [0.1, 0.15) is 55.4 Å². The molecule has 0 aromatic rings. The normalized spacial score (nSPS) is 41.2. The van der Waals surface area contributed by atoms with Crippen LogP contribution >= 0.6 is 0 Å². The molecule has 2 heterocycles. The smallest absolute Gasteiger partial charge is 0.246 e. The van der Waals surface area contributed by atoms with E-state index >= 15 is 0 Å². The third-order valence-corrected chi connectivity index (χ3v) is 5.22. The van der Waals surface area contributed by atoms with Crippen molar-refractivity contribution in [1.29, 1.82) is 0 Å². The zero-order chi connectivity index (χ0) is 23.1. The van der Waals surface area contributed by atoms with Crippen LogP contribution in [0.15, 0.2) is 0 Å². The number of aliphatic hydroxyl groups excluding tert-OH is 5. The first-order valence-corrected chi connectivity index (χ1v) is 10.1. The maximum Gasteiger partial charge on any atom is 0.246 e. The Hall–Kier alpha value is -0.970. The number of carbonyl (C=O) groups is 1. The van der Waals surface area contributed by atoms with E-state index in [-0.39, 0.29) is 26.3 Å². The Balaban J connectivity index is 2.00. The van der Waals surface area contributed by atoms with Crippen molar-refractivity contribution in [2.75, 3.05) is 40.0 Å².